The highest BCUT2D eigenvalue weighted by molar-refractivity contribution is 5.39. The maximum Gasteiger partial charge on any atom is 0.273 e. The van der Waals surface area contributed by atoms with Crippen molar-refractivity contribution in [2.24, 2.45) is 0 Å². The maximum absolute atomic E-state index is 10.8. The topological polar surface area (TPSA) is 73.6 Å². The van der Waals surface area contributed by atoms with Crippen LogP contribution in [0.2, 0.25) is 0 Å². The Morgan fingerprint density at radius 3 is 2.79 bits per heavy atom. The first-order valence-corrected chi connectivity index (χ1v) is 6.25. The van der Waals surface area contributed by atoms with Gasteiger partial charge in [-0.3, -0.25) is 10.1 Å². The van der Waals surface area contributed by atoms with E-state index in [0.29, 0.717) is 31.9 Å². The van der Waals surface area contributed by atoms with Crippen LogP contribution in [-0.2, 0) is 16.0 Å². The van der Waals surface area contributed by atoms with E-state index < -0.39 is 0 Å². The molecule has 6 heteroatoms. The Kier molecular flexibility index (Phi) is 7.72. The summed E-state index contributed by atoms with van der Waals surface area (Å²) in [5, 5.41) is 14.0. The van der Waals surface area contributed by atoms with Crippen LogP contribution in [-0.4, -0.2) is 38.4 Å². The van der Waals surface area contributed by atoms with Crippen LogP contribution in [0, 0.1) is 10.1 Å². The number of nitro benzene ring substituents is 1. The van der Waals surface area contributed by atoms with Gasteiger partial charge in [0.15, 0.2) is 0 Å². The number of para-hydroxylation sites is 1. The molecule has 6 nitrogen and oxygen atoms in total. The first-order valence-electron chi connectivity index (χ1n) is 6.25. The van der Waals surface area contributed by atoms with Gasteiger partial charge in [-0.1, -0.05) is 18.2 Å². The highest BCUT2D eigenvalue weighted by Crippen LogP contribution is 2.16. The molecule has 0 radical (unpaired) electrons. The molecule has 0 heterocycles. The van der Waals surface area contributed by atoms with Crippen LogP contribution in [0.25, 0.3) is 0 Å². The normalized spacial score (nSPS) is 10.6. The van der Waals surface area contributed by atoms with E-state index in [-0.39, 0.29) is 10.6 Å². The SMILES string of the molecule is COCCOCCCNCc1ccccc1[N+](=O)[O-]. The summed E-state index contributed by atoms with van der Waals surface area (Å²) < 4.78 is 10.2. The van der Waals surface area contributed by atoms with Crippen LogP contribution >= 0.6 is 0 Å². The van der Waals surface area contributed by atoms with Crippen molar-refractivity contribution in [3.8, 4) is 0 Å². The molecule has 0 fully saturated rings. The van der Waals surface area contributed by atoms with Gasteiger partial charge in [-0.05, 0) is 13.0 Å². The highest BCUT2D eigenvalue weighted by Gasteiger charge is 2.10. The molecule has 1 aromatic rings. The average molecular weight is 268 g/mol. The van der Waals surface area contributed by atoms with Crippen molar-refractivity contribution < 1.29 is 14.4 Å². The molecule has 0 saturated carbocycles. The number of ether oxygens (including phenoxy) is 2. The Morgan fingerprint density at radius 2 is 2.05 bits per heavy atom. The third-order valence-corrected chi connectivity index (χ3v) is 2.58. The summed E-state index contributed by atoms with van der Waals surface area (Å²) in [6.45, 7) is 3.12. The van der Waals surface area contributed by atoms with Crippen molar-refractivity contribution in [3.05, 3.63) is 39.9 Å². The van der Waals surface area contributed by atoms with Crippen LogP contribution in [0.15, 0.2) is 24.3 Å². The fourth-order valence-corrected chi connectivity index (χ4v) is 1.61. The number of hydrogen-bond donors (Lipinski definition) is 1. The van der Waals surface area contributed by atoms with Gasteiger partial charge in [0.1, 0.15) is 0 Å². The lowest BCUT2D eigenvalue weighted by molar-refractivity contribution is -0.385. The smallest absolute Gasteiger partial charge is 0.273 e. The second-order valence-electron chi connectivity index (χ2n) is 4.02. The Bertz CT molecular complexity index is 385. The van der Waals surface area contributed by atoms with E-state index >= 15 is 0 Å². The van der Waals surface area contributed by atoms with Gasteiger partial charge in [-0.25, -0.2) is 0 Å². The van der Waals surface area contributed by atoms with E-state index in [2.05, 4.69) is 5.32 Å². The number of hydrogen-bond acceptors (Lipinski definition) is 5. The van der Waals surface area contributed by atoms with Crippen LogP contribution in [0.3, 0.4) is 0 Å². The first kappa shape index (κ1) is 15.6. The van der Waals surface area contributed by atoms with E-state index in [1.54, 1.807) is 25.3 Å². The van der Waals surface area contributed by atoms with Gasteiger partial charge in [-0.15, -0.1) is 0 Å². The maximum atomic E-state index is 10.8. The molecule has 106 valence electrons. The van der Waals surface area contributed by atoms with Crippen LogP contribution < -0.4 is 5.32 Å². The zero-order chi connectivity index (χ0) is 13.9. The van der Waals surface area contributed by atoms with Crippen LogP contribution in [0.1, 0.15) is 12.0 Å². The fourth-order valence-electron chi connectivity index (χ4n) is 1.61. The predicted molar refractivity (Wildman–Crippen MR) is 72.1 cm³/mol. The van der Waals surface area contributed by atoms with E-state index in [0.717, 1.165) is 13.0 Å². The largest absolute Gasteiger partial charge is 0.382 e. The Morgan fingerprint density at radius 1 is 1.26 bits per heavy atom. The molecule has 0 bridgehead atoms. The third-order valence-electron chi connectivity index (χ3n) is 2.58. The second kappa shape index (κ2) is 9.43. The van der Waals surface area contributed by atoms with Crippen LogP contribution in [0.4, 0.5) is 5.69 Å². The summed E-state index contributed by atoms with van der Waals surface area (Å²) in [7, 11) is 1.64. The number of benzene rings is 1. The van der Waals surface area contributed by atoms with E-state index in [1.807, 2.05) is 0 Å². The quantitative estimate of drug-likeness (QED) is 0.397. The van der Waals surface area contributed by atoms with Crippen molar-refractivity contribution in [1.29, 1.82) is 0 Å². The van der Waals surface area contributed by atoms with Crippen LogP contribution in [0.5, 0.6) is 0 Å². The number of nitro groups is 1. The molecule has 1 rings (SSSR count). The summed E-state index contributed by atoms with van der Waals surface area (Å²) in [6, 6.07) is 6.76. The van der Waals surface area contributed by atoms with E-state index in [1.165, 1.54) is 6.07 Å². The lowest BCUT2D eigenvalue weighted by Crippen LogP contribution is -2.17. The Labute approximate surface area is 112 Å². The molecular formula is C13H20N2O4. The van der Waals surface area contributed by atoms with Gasteiger partial charge >= 0.3 is 0 Å². The van der Waals surface area contributed by atoms with Gasteiger partial charge in [0.25, 0.3) is 5.69 Å². The summed E-state index contributed by atoms with van der Waals surface area (Å²) >= 11 is 0. The minimum atomic E-state index is -0.356. The fraction of sp³-hybridized carbons (Fsp3) is 0.538. The Hall–Kier alpha value is -1.50. The average Bonchev–Trinajstić information content (AvgIpc) is 2.42. The standard InChI is InChI=1S/C13H20N2O4/c1-18-9-10-19-8-4-7-14-11-12-5-2-3-6-13(12)15(16)17/h2-3,5-6,14H,4,7-11H2,1H3. The molecule has 0 unspecified atom stereocenters. The minimum absolute atomic E-state index is 0.159. The second-order valence-corrected chi connectivity index (χ2v) is 4.02. The van der Waals surface area contributed by atoms with Crippen molar-refractivity contribution >= 4 is 5.69 Å². The molecular weight excluding hydrogens is 248 g/mol. The first-order chi connectivity index (χ1) is 9.25. The molecule has 0 aliphatic heterocycles. The van der Waals surface area contributed by atoms with Crippen molar-refractivity contribution in [1.82, 2.24) is 5.32 Å². The summed E-state index contributed by atoms with van der Waals surface area (Å²) in [6.07, 6.45) is 0.865. The summed E-state index contributed by atoms with van der Waals surface area (Å²) in [4.78, 5) is 10.4. The zero-order valence-corrected chi connectivity index (χ0v) is 11.1. The monoisotopic (exact) mass is 268 g/mol. The molecule has 1 aromatic carbocycles. The van der Waals surface area contributed by atoms with Gasteiger partial charge in [0.2, 0.25) is 0 Å². The molecule has 0 spiro atoms. The lowest BCUT2D eigenvalue weighted by atomic mass is 10.2. The molecule has 19 heavy (non-hydrogen) atoms. The molecule has 0 atom stereocenters. The van der Waals surface area contributed by atoms with E-state index in [9.17, 15) is 10.1 Å². The lowest BCUT2D eigenvalue weighted by Gasteiger charge is -2.06. The number of nitrogens with one attached hydrogen (secondary N) is 1. The van der Waals surface area contributed by atoms with Crippen molar-refractivity contribution in [2.45, 2.75) is 13.0 Å². The van der Waals surface area contributed by atoms with Crippen molar-refractivity contribution in [3.63, 3.8) is 0 Å². The van der Waals surface area contributed by atoms with Gasteiger partial charge in [0, 0.05) is 31.9 Å². The van der Waals surface area contributed by atoms with E-state index in [4.69, 9.17) is 9.47 Å². The molecule has 0 aliphatic carbocycles. The predicted octanol–water partition coefficient (Wildman–Crippen LogP) is 1.74. The summed E-state index contributed by atoms with van der Waals surface area (Å²) in [5.41, 5.74) is 0.860. The molecule has 0 amide bonds. The Balaban J connectivity index is 2.17. The van der Waals surface area contributed by atoms with Crippen molar-refractivity contribution in [2.75, 3.05) is 33.5 Å². The number of nitrogens with zero attached hydrogens (tertiary/aromatic N) is 1. The molecule has 0 aliphatic rings. The molecule has 1 N–H and O–H groups in total. The number of rotatable bonds is 10. The molecule has 0 aromatic heterocycles. The molecule has 0 saturated heterocycles. The number of methoxy groups -OCH3 is 1. The minimum Gasteiger partial charge on any atom is -0.382 e. The van der Waals surface area contributed by atoms with Gasteiger partial charge in [0.05, 0.1) is 18.1 Å². The summed E-state index contributed by atoms with van der Waals surface area (Å²) in [5.74, 6) is 0. The van der Waals surface area contributed by atoms with Gasteiger partial charge < -0.3 is 14.8 Å². The third kappa shape index (κ3) is 6.28. The van der Waals surface area contributed by atoms with Gasteiger partial charge in [-0.2, -0.15) is 0 Å². The highest BCUT2D eigenvalue weighted by atomic mass is 16.6. The zero-order valence-electron chi connectivity index (χ0n) is 11.1.